The largest absolute Gasteiger partial charge is 0.396 e. The SMILES string of the molecule is CC(C)N(C(=O)CN1CCC(CO)C1)C1CCCC1. The van der Waals surface area contributed by atoms with Crippen molar-refractivity contribution in [1.82, 2.24) is 9.80 Å². The van der Waals surface area contributed by atoms with E-state index in [4.69, 9.17) is 5.11 Å². The predicted octanol–water partition coefficient (Wildman–Crippen LogP) is 1.48. The van der Waals surface area contributed by atoms with Crippen molar-refractivity contribution in [3.8, 4) is 0 Å². The van der Waals surface area contributed by atoms with E-state index in [2.05, 4.69) is 23.6 Å². The van der Waals surface area contributed by atoms with Crippen molar-refractivity contribution in [2.75, 3.05) is 26.2 Å². The first-order valence-electron chi connectivity index (χ1n) is 7.76. The molecule has 2 rings (SSSR count). The predicted molar refractivity (Wildman–Crippen MR) is 75.9 cm³/mol. The summed E-state index contributed by atoms with van der Waals surface area (Å²) in [5.74, 6) is 0.646. The van der Waals surface area contributed by atoms with Crippen LogP contribution in [0, 0.1) is 5.92 Å². The minimum absolute atomic E-state index is 0.251. The first-order chi connectivity index (χ1) is 9.11. The van der Waals surface area contributed by atoms with E-state index in [1.807, 2.05) is 0 Å². The summed E-state index contributed by atoms with van der Waals surface area (Å²) in [4.78, 5) is 16.9. The summed E-state index contributed by atoms with van der Waals surface area (Å²) in [5.41, 5.74) is 0. The maximum absolute atomic E-state index is 12.5. The summed E-state index contributed by atoms with van der Waals surface area (Å²) in [6, 6.07) is 0.760. The van der Waals surface area contributed by atoms with Gasteiger partial charge in [0.25, 0.3) is 0 Å². The number of aliphatic hydroxyl groups excluding tert-OH is 1. The third-order valence-electron chi connectivity index (χ3n) is 4.55. The second-order valence-electron chi connectivity index (χ2n) is 6.41. The molecule has 2 aliphatic rings. The lowest BCUT2D eigenvalue weighted by Crippen LogP contribution is -2.48. The molecule has 4 heteroatoms. The lowest BCUT2D eigenvalue weighted by Gasteiger charge is -2.34. The third kappa shape index (κ3) is 3.69. The van der Waals surface area contributed by atoms with Gasteiger partial charge in [-0.05, 0) is 45.6 Å². The van der Waals surface area contributed by atoms with Crippen LogP contribution in [-0.2, 0) is 4.79 Å². The lowest BCUT2D eigenvalue weighted by atomic mass is 10.1. The highest BCUT2D eigenvalue weighted by molar-refractivity contribution is 5.79. The monoisotopic (exact) mass is 268 g/mol. The van der Waals surface area contributed by atoms with Crippen LogP contribution in [0.1, 0.15) is 46.0 Å². The van der Waals surface area contributed by atoms with Crippen LogP contribution >= 0.6 is 0 Å². The van der Waals surface area contributed by atoms with Gasteiger partial charge >= 0.3 is 0 Å². The van der Waals surface area contributed by atoms with Crippen LogP contribution in [0.15, 0.2) is 0 Å². The number of aliphatic hydroxyl groups is 1. The molecule has 1 aliphatic carbocycles. The standard InChI is InChI=1S/C15H28N2O2/c1-12(2)17(14-5-3-4-6-14)15(19)10-16-8-7-13(9-16)11-18/h12-14,18H,3-11H2,1-2H3. The van der Waals surface area contributed by atoms with Crippen molar-refractivity contribution in [2.24, 2.45) is 5.92 Å². The Morgan fingerprint density at radius 1 is 1.32 bits per heavy atom. The van der Waals surface area contributed by atoms with Gasteiger partial charge < -0.3 is 10.0 Å². The summed E-state index contributed by atoms with van der Waals surface area (Å²) in [5, 5.41) is 9.17. The average molecular weight is 268 g/mol. The van der Waals surface area contributed by atoms with E-state index >= 15 is 0 Å². The van der Waals surface area contributed by atoms with Gasteiger partial charge in [0.15, 0.2) is 0 Å². The summed E-state index contributed by atoms with van der Waals surface area (Å²) in [7, 11) is 0. The molecule has 0 aromatic heterocycles. The molecule has 110 valence electrons. The Bertz CT molecular complexity index is 301. The molecule has 1 saturated carbocycles. The molecule has 1 unspecified atom stereocenters. The van der Waals surface area contributed by atoms with E-state index in [1.165, 1.54) is 25.7 Å². The summed E-state index contributed by atoms with van der Waals surface area (Å²) in [6.45, 7) is 6.85. The minimum Gasteiger partial charge on any atom is -0.396 e. The highest BCUT2D eigenvalue weighted by Crippen LogP contribution is 2.25. The number of nitrogens with zero attached hydrogens (tertiary/aromatic N) is 2. The number of carbonyl (C=O) groups is 1. The summed E-state index contributed by atoms with van der Waals surface area (Å²) >= 11 is 0. The van der Waals surface area contributed by atoms with Gasteiger partial charge in [-0.2, -0.15) is 0 Å². The second kappa shape index (κ2) is 6.71. The van der Waals surface area contributed by atoms with Crippen LogP contribution in [0.3, 0.4) is 0 Å². The molecule has 0 aromatic rings. The lowest BCUT2D eigenvalue weighted by molar-refractivity contribution is -0.136. The molecule has 2 fully saturated rings. The van der Waals surface area contributed by atoms with Gasteiger partial charge in [0.1, 0.15) is 0 Å². The molecule has 0 aromatic carbocycles. The number of rotatable bonds is 5. The fourth-order valence-electron chi connectivity index (χ4n) is 3.57. The molecule has 1 aliphatic heterocycles. The topological polar surface area (TPSA) is 43.8 Å². The Morgan fingerprint density at radius 3 is 2.53 bits per heavy atom. The molecule has 1 heterocycles. The Kier molecular flexibility index (Phi) is 5.22. The molecule has 19 heavy (non-hydrogen) atoms. The van der Waals surface area contributed by atoms with Gasteiger partial charge in [-0.25, -0.2) is 0 Å². The number of hydrogen-bond acceptors (Lipinski definition) is 3. The highest BCUT2D eigenvalue weighted by atomic mass is 16.3. The zero-order valence-electron chi connectivity index (χ0n) is 12.3. The molecule has 4 nitrogen and oxygen atoms in total. The van der Waals surface area contributed by atoms with Gasteiger partial charge in [-0.15, -0.1) is 0 Å². The molecule has 1 N–H and O–H groups in total. The van der Waals surface area contributed by atoms with Crippen molar-refractivity contribution in [3.63, 3.8) is 0 Å². The van der Waals surface area contributed by atoms with E-state index in [-0.39, 0.29) is 12.5 Å². The van der Waals surface area contributed by atoms with Gasteiger partial charge in [0, 0.05) is 25.2 Å². The van der Waals surface area contributed by atoms with Crippen molar-refractivity contribution in [2.45, 2.75) is 58.0 Å². The molecular formula is C15H28N2O2. The van der Waals surface area contributed by atoms with Crippen LogP contribution in [0.2, 0.25) is 0 Å². The molecule has 0 spiro atoms. The van der Waals surface area contributed by atoms with E-state index < -0.39 is 0 Å². The van der Waals surface area contributed by atoms with Gasteiger partial charge in [0.05, 0.1) is 6.54 Å². The zero-order valence-corrected chi connectivity index (χ0v) is 12.3. The third-order valence-corrected chi connectivity index (χ3v) is 4.55. The maximum atomic E-state index is 12.5. The smallest absolute Gasteiger partial charge is 0.237 e. The Morgan fingerprint density at radius 2 is 2.00 bits per heavy atom. The number of hydrogen-bond donors (Lipinski definition) is 1. The summed E-state index contributed by atoms with van der Waals surface area (Å²) in [6.07, 6.45) is 5.89. The van der Waals surface area contributed by atoms with E-state index in [0.29, 0.717) is 24.5 Å². The van der Waals surface area contributed by atoms with E-state index in [9.17, 15) is 4.79 Å². The minimum atomic E-state index is 0.251. The van der Waals surface area contributed by atoms with Crippen LogP contribution in [0.5, 0.6) is 0 Å². The summed E-state index contributed by atoms with van der Waals surface area (Å²) < 4.78 is 0. The van der Waals surface area contributed by atoms with E-state index in [0.717, 1.165) is 19.5 Å². The number of amides is 1. The molecule has 1 atom stereocenters. The molecule has 1 amide bonds. The first-order valence-corrected chi connectivity index (χ1v) is 7.76. The Labute approximate surface area is 116 Å². The van der Waals surface area contributed by atoms with Crippen LogP contribution in [0.4, 0.5) is 0 Å². The quantitative estimate of drug-likeness (QED) is 0.821. The molecule has 1 saturated heterocycles. The highest BCUT2D eigenvalue weighted by Gasteiger charge is 2.31. The van der Waals surface area contributed by atoms with Crippen molar-refractivity contribution in [3.05, 3.63) is 0 Å². The Hall–Kier alpha value is -0.610. The average Bonchev–Trinajstić information content (AvgIpc) is 3.00. The van der Waals surface area contributed by atoms with Gasteiger partial charge in [0.2, 0.25) is 5.91 Å². The van der Waals surface area contributed by atoms with Crippen LogP contribution in [-0.4, -0.2) is 59.1 Å². The van der Waals surface area contributed by atoms with Gasteiger partial charge in [-0.1, -0.05) is 12.8 Å². The van der Waals surface area contributed by atoms with Crippen molar-refractivity contribution < 1.29 is 9.90 Å². The maximum Gasteiger partial charge on any atom is 0.237 e. The first kappa shape index (κ1) is 14.8. The number of carbonyl (C=O) groups excluding carboxylic acids is 1. The fourth-order valence-corrected chi connectivity index (χ4v) is 3.57. The van der Waals surface area contributed by atoms with Crippen molar-refractivity contribution in [1.29, 1.82) is 0 Å². The van der Waals surface area contributed by atoms with E-state index in [1.54, 1.807) is 0 Å². The fraction of sp³-hybridized carbons (Fsp3) is 0.933. The zero-order chi connectivity index (χ0) is 13.8. The molecule has 0 radical (unpaired) electrons. The van der Waals surface area contributed by atoms with Gasteiger partial charge in [-0.3, -0.25) is 9.69 Å². The van der Waals surface area contributed by atoms with Crippen LogP contribution in [0.25, 0.3) is 0 Å². The normalized spacial score (nSPS) is 25.4. The van der Waals surface area contributed by atoms with Crippen LogP contribution < -0.4 is 0 Å². The molecule has 0 bridgehead atoms. The van der Waals surface area contributed by atoms with Crippen molar-refractivity contribution >= 4 is 5.91 Å². The molecular weight excluding hydrogens is 240 g/mol. The number of likely N-dealkylation sites (tertiary alicyclic amines) is 1. The second-order valence-corrected chi connectivity index (χ2v) is 6.41. The Balaban J connectivity index is 1.89.